The quantitative estimate of drug-likeness (QED) is 0.305. The molecule has 22 heavy (non-hydrogen) atoms. The van der Waals surface area contributed by atoms with Crippen LogP contribution < -0.4 is 16.0 Å². The summed E-state index contributed by atoms with van der Waals surface area (Å²) in [5, 5.41) is 20.2. The van der Waals surface area contributed by atoms with Crippen LogP contribution in [-0.2, 0) is 14.2 Å². The van der Waals surface area contributed by atoms with Gasteiger partial charge in [0.05, 0.1) is 49.5 Å². The first kappa shape index (κ1) is 13.9. The van der Waals surface area contributed by atoms with Crippen LogP contribution in [0.25, 0.3) is 0 Å². The van der Waals surface area contributed by atoms with Crippen molar-refractivity contribution in [3.8, 4) is 5.75 Å². The number of benzene rings is 1. The molecule has 0 spiro atoms. The lowest BCUT2D eigenvalue weighted by Crippen LogP contribution is -2.16. The second kappa shape index (κ2) is 5.83. The molecule has 3 atom stereocenters. The van der Waals surface area contributed by atoms with Gasteiger partial charge in [-0.2, -0.15) is 0 Å². The molecule has 3 aliphatic heterocycles. The van der Waals surface area contributed by atoms with E-state index < -0.39 is 0 Å². The topological polar surface area (TPSA) is 93.9 Å². The van der Waals surface area contributed by atoms with Crippen molar-refractivity contribution in [3.63, 3.8) is 0 Å². The molecular weight excluding hydrogens is 286 g/mol. The van der Waals surface area contributed by atoms with Crippen LogP contribution in [0.4, 0.5) is 17.1 Å². The highest BCUT2D eigenvalue weighted by molar-refractivity contribution is 5.86. The fourth-order valence-corrected chi connectivity index (χ4v) is 2.31. The molecule has 0 aliphatic carbocycles. The zero-order valence-corrected chi connectivity index (χ0v) is 12.3. The molecule has 3 saturated heterocycles. The maximum Gasteiger partial charge on any atom is 0.140 e. The number of aromatic hydroxyl groups is 1. The summed E-state index contributed by atoms with van der Waals surface area (Å²) in [5.41, 5.74) is 2.53. The molecule has 0 bridgehead atoms. The Hall–Kier alpha value is -1.70. The normalized spacial score (nSPS) is 28.1. The highest BCUT2D eigenvalue weighted by Gasteiger charge is 2.26. The van der Waals surface area contributed by atoms with Crippen molar-refractivity contribution in [2.45, 2.75) is 18.3 Å². The lowest BCUT2D eigenvalue weighted by molar-refractivity contribution is 0.415. The SMILES string of the molecule is Oc1ccc(NCC2CO2)c(NCC2CO2)c1NCC1CO1. The largest absolute Gasteiger partial charge is 0.506 e. The molecule has 3 aliphatic rings. The monoisotopic (exact) mass is 307 g/mol. The predicted molar refractivity (Wildman–Crippen MR) is 82.8 cm³/mol. The van der Waals surface area contributed by atoms with Crippen LogP contribution in [0.3, 0.4) is 0 Å². The van der Waals surface area contributed by atoms with E-state index in [1.165, 1.54) is 0 Å². The third-order valence-electron chi connectivity index (χ3n) is 3.92. The van der Waals surface area contributed by atoms with E-state index in [2.05, 4.69) is 16.0 Å². The molecule has 7 nitrogen and oxygen atoms in total. The maximum absolute atomic E-state index is 10.2. The van der Waals surface area contributed by atoms with Crippen LogP contribution in [0.15, 0.2) is 12.1 Å². The highest BCUT2D eigenvalue weighted by atomic mass is 16.6. The Labute approximate surface area is 128 Å². The molecule has 4 rings (SSSR count). The van der Waals surface area contributed by atoms with Crippen molar-refractivity contribution in [1.29, 1.82) is 0 Å². The smallest absolute Gasteiger partial charge is 0.140 e. The average molecular weight is 307 g/mol. The van der Waals surface area contributed by atoms with Gasteiger partial charge in [0.25, 0.3) is 0 Å². The molecule has 1 aromatic rings. The Morgan fingerprint density at radius 1 is 0.818 bits per heavy atom. The molecule has 120 valence electrons. The Bertz CT molecular complexity index is 542. The minimum Gasteiger partial charge on any atom is -0.506 e. The number of epoxide rings is 3. The molecule has 0 radical (unpaired) electrons. The molecular formula is C15H21N3O4. The minimum absolute atomic E-state index is 0.230. The van der Waals surface area contributed by atoms with Crippen molar-refractivity contribution < 1.29 is 19.3 Å². The molecule has 0 amide bonds. The molecule has 0 saturated carbocycles. The minimum atomic E-state index is 0.230. The zero-order valence-electron chi connectivity index (χ0n) is 12.3. The number of anilines is 3. The number of ether oxygens (including phenoxy) is 3. The van der Waals surface area contributed by atoms with Gasteiger partial charge in [0.1, 0.15) is 11.4 Å². The Kier molecular flexibility index (Phi) is 3.69. The number of nitrogens with one attached hydrogen (secondary N) is 3. The molecule has 0 aromatic heterocycles. The van der Waals surface area contributed by atoms with E-state index in [9.17, 15) is 5.11 Å². The average Bonchev–Trinajstić information content (AvgIpc) is 3.38. The molecule has 7 heteroatoms. The van der Waals surface area contributed by atoms with Crippen molar-refractivity contribution in [1.82, 2.24) is 0 Å². The third-order valence-corrected chi connectivity index (χ3v) is 3.92. The Morgan fingerprint density at radius 2 is 1.32 bits per heavy atom. The molecule has 4 N–H and O–H groups in total. The van der Waals surface area contributed by atoms with Crippen LogP contribution in [0, 0.1) is 0 Å². The molecule has 3 fully saturated rings. The summed E-state index contributed by atoms with van der Waals surface area (Å²) in [7, 11) is 0. The Morgan fingerprint density at radius 3 is 1.86 bits per heavy atom. The van der Waals surface area contributed by atoms with Crippen LogP contribution in [0.1, 0.15) is 0 Å². The van der Waals surface area contributed by atoms with Crippen LogP contribution in [-0.4, -0.2) is 62.9 Å². The lowest BCUT2D eigenvalue weighted by Gasteiger charge is -2.19. The van der Waals surface area contributed by atoms with Gasteiger partial charge in [0.15, 0.2) is 0 Å². The van der Waals surface area contributed by atoms with E-state index in [1.807, 2.05) is 6.07 Å². The van der Waals surface area contributed by atoms with Crippen molar-refractivity contribution in [3.05, 3.63) is 12.1 Å². The van der Waals surface area contributed by atoms with Gasteiger partial charge in [0, 0.05) is 19.6 Å². The number of hydrogen-bond donors (Lipinski definition) is 4. The first-order chi connectivity index (χ1) is 10.8. The van der Waals surface area contributed by atoms with Crippen molar-refractivity contribution in [2.75, 3.05) is 55.4 Å². The van der Waals surface area contributed by atoms with E-state index in [1.54, 1.807) is 6.07 Å². The fraction of sp³-hybridized carbons (Fsp3) is 0.600. The van der Waals surface area contributed by atoms with Crippen LogP contribution in [0.2, 0.25) is 0 Å². The van der Waals surface area contributed by atoms with E-state index in [-0.39, 0.29) is 18.0 Å². The Balaban J connectivity index is 1.51. The molecule has 1 aromatic carbocycles. The summed E-state index contributed by atoms with van der Waals surface area (Å²) >= 11 is 0. The number of phenols is 1. The summed E-state index contributed by atoms with van der Waals surface area (Å²) < 4.78 is 15.7. The first-order valence-electron chi connectivity index (χ1n) is 7.72. The van der Waals surface area contributed by atoms with Crippen molar-refractivity contribution in [2.24, 2.45) is 0 Å². The van der Waals surface area contributed by atoms with E-state index >= 15 is 0 Å². The molecule has 3 unspecified atom stereocenters. The zero-order chi connectivity index (χ0) is 14.9. The van der Waals surface area contributed by atoms with E-state index in [4.69, 9.17) is 14.2 Å². The van der Waals surface area contributed by atoms with E-state index in [0.717, 1.165) is 44.3 Å². The number of rotatable bonds is 9. The third kappa shape index (κ3) is 3.55. The second-order valence-corrected chi connectivity index (χ2v) is 5.89. The number of hydrogen-bond acceptors (Lipinski definition) is 7. The van der Waals surface area contributed by atoms with Gasteiger partial charge in [-0.25, -0.2) is 0 Å². The van der Waals surface area contributed by atoms with Gasteiger partial charge in [-0.3, -0.25) is 0 Å². The maximum atomic E-state index is 10.2. The van der Waals surface area contributed by atoms with Gasteiger partial charge < -0.3 is 35.3 Å². The second-order valence-electron chi connectivity index (χ2n) is 5.89. The standard InChI is InChI=1S/C15H21N3O4/c19-13-2-1-12(16-3-9-6-20-9)14(17-4-10-7-21-10)15(13)18-5-11-8-22-11/h1-2,9-11,16-19H,3-8H2. The lowest BCUT2D eigenvalue weighted by atomic mass is 10.2. The van der Waals surface area contributed by atoms with Gasteiger partial charge in [-0.05, 0) is 12.1 Å². The highest BCUT2D eigenvalue weighted by Crippen LogP contribution is 2.39. The summed E-state index contributed by atoms with van der Waals surface area (Å²) in [4.78, 5) is 0. The summed E-state index contributed by atoms with van der Waals surface area (Å²) in [6, 6.07) is 3.58. The summed E-state index contributed by atoms with van der Waals surface area (Å²) in [6.45, 7) is 4.58. The predicted octanol–water partition coefficient (Wildman–Crippen LogP) is 0.824. The first-order valence-corrected chi connectivity index (χ1v) is 7.72. The van der Waals surface area contributed by atoms with Crippen molar-refractivity contribution >= 4 is 17.1 Å². The van der Waals surface area contributed by atoms with Crippen LogP contribution >= 0.6 is 0 Å². The number of phenolic OH excluding ortho intramolecular Hbond substituents is 1. The summed E-state index contributed by atoms with van der Waals surface area (Å²) in [6.07, 6.45) is 0.807. The van der Waals surface area contributed by atoms with Gasteiger partial charge in [-0.1, -0.05) is 0 Å². The molecule has 3 heterocycles. The van der Waals surface area contributed by atoms with Gasteiger partial charge in [0.2, 0.25) is 0 Å². The summed E-state index contributed by atoms with van der Waals surface area (Å²) in [5.74, 6) is 0.230. The van der Waals surface area contributed by atoms with Gasteiger partial charge in [-0.15, -0.1) is 0 Å². The van der Waals surface area contributed by atoms with Gasteiger partial charge >= 0.3 is 0 Å². The van der Waals surface area contributed by atoms with E-state index in [0.29, 0.717) is 18.3 Å². The van der Waals surface area contributed by atoms with Crippen LogP contribution in [0.5, 0.6) is 5.75 Å². The fourth-order valence-electron chi connectivity index (χ4n) is 2.31.